The van der Waals surface area contributed by atoms with E-state index < -0.39 is 5.91 Å². The first-order chi connectivity index (χ1) is 13.7. The first-order valence-electron chi connectivity index (χ1n) is 9.20. The molecular weight excluding hydrogens is 357 g/mol. The van der Waals surface area contributed by atoms with Crippen LogP contribution in [0.4, 0.5) is 27.3 Å². The molecule has 1 saturated heterocycles. The Balaban J connectivity index is 1.37. The Hall–Kier alpha value is -3.48. The largest absolute Gasteiger partial charge is 0.372 e. The van der Waals surface area contributed by atoms with Crippen LogP contribution in [0.25, 0.3) is 0 Å². The number of hydrogen-bond acceptors (Lipinski definition) is 5. The molecule has 1 aromatic heterocycles. The van der Waals surface area contributed by atoms with Gasteiger partial charge in [-0.1, -0.05) is 0 Å². The Labute approximate surface area is 162 Å². The first kappa shape index (κ1) is 17.9. The molecule has 7 heteroatoms. The van der Waals surface area contributed by atoms with E-state index in [1.807, 2.05) is 12.1 Å². The van der Waals surface area contributed by atoms with Gasteiger partial charge in [0.1, 0.15) is 5.82 Å². The molecule has 4 rings (SSSR count). The molecular formula is C21H20FN5O. The molecule has 2 aromatic carbocycles. The minimum Gasteiger partial charge on any atom is -0.372 e. The van der Waals surface area contributed by atoms with Gasteiger partial charge in [-0.15, -0.1) is 10.2 Å². The minimum absolute atomic E-state index is 0.180. The fraction of sp³-hybridized carbons (Fsp3) is 0.190. The van der Waals surface area contributed by atoms with E-state index in [4.69, 9.17) is 0 Å². The number of nitrogens with zero attached hydrogens (tertiary/aromatic N) is 3. The van der Waals surface area contributed by atoms with Gasteiger partial charge in [0, 0.05) is 30.2 Å². The third kappa shape index (κ3) is 4.25. The monoisotopic (exact) mass is 377 g/mol. The van der Waals surface area contributed by atoms with E-state index in [-0.39, 0.29) is 11.5 Å². The van der Waals surface area contributed by atoms with Crippen molar-refractivity contribution in [1.82, 2.24) is 10.2 Å². The maximum absolute atomic E-state index is 12.9. The number of carbonyl (C=O) groups is 1. The zero-order valence-corrected chi connectivity index (χ0v) is 15.2. The van der Waals surface area contributed by atoms with Crippen LogP contribution in [0.15, 0.2) is 60.7 Å². The highest BCUT2D eigenvalue weighted by Crippen LogP contribution is 2.23. The number of carbonyl (C=O) groups excluding carboxylic acids is 1. The second-order valence-electron chi connectivity index (χ2n) is 6.63. The van der Waals surface area contributed by atoms with Crippen LogP contribution >= 0.6 is 0 Å². The summed E-state index contributed by atoms with van der Waals surface area (Å²) < 4.78 is 12.9. The predicted molar refractivity (Wildman–Crippen MR) is 108 cm³/mol. The van der Waals surface area contributed by atoms with Crippen molar-refractivity contribution in [3.63, 3.8) is 0 Å². The number of nitrogens with one attached hydrogen (secondary N) is 2. The molecule has 142 valence electrons. The fourth-order valence-corrected chi connectivity index (χ4v) is 3.13. The first-order valence-corrected chi connectivity index (χ1v) is 9.20. The second-order valence-corrected chi connectivity index (χ2v) is 6.63. The molecule has 3 aromatic rings. The third-order valence-corrected chi connectivity index (χ3v) is 4.61. The second kappa shape index (κ2) is 8.04. The highest BCUT2D eigenvalue weighted by Gasteiger charge is 2.12. The van der Waals surface area contributed by atoms with E-state index in [1.165, 1.54) is 42.8 Å². The summed E-state index contributed by atoms with van der Waals surface area (Å²) in [5, 5.41) is 13.9. The van der Waals surface area contributed by atoms with Gasteiger partial charge in [0.2, 0.25) is 0 Å². The number of benzene rings is 2. The highest BCUT2D eigenvalue weighted by molar-refractivity contribution is 6.02. The standard InChI is InChI=1S/C21H20FN5O/c22-15-3-5-17(6-4-15)24-21(28)19-11-12-20(26-25-19)23-16-7-9-18(10-8-16)27-13-1-2-14-27/h3-12H,1-2,13-14H2,(H,23,26)(H,24,28). The van der Waals surface area contributed by atoms with Gasteiger partial charge in [-0.3, -0.25) is 4.79 Å². The van der Waals surface area contributed by atoms with E-state index in [0.29, 0.717) is 11.5 Å². The zero-order chi connectivity index (χ0) is 19.3. The van der Waals surface area contributed by atoms with Crippen LogP contribution in [0.1, 0.15) is 23.3 Å². The Bertz CT molecular complexity index is 936. The smallest absolute Gasteiger partial charge is 0.276 e. The Kier molecular flexibility index (Phi) is 5.14. The number of halogens is 1. The molecule has 28 heavy (non-hydrogen) atoms. The molecule has 0 spiro atoms. The molecule has 1 fully saturated rings. The van der Waals surface area contributed by atoms with Crippen LogP contribution in [-0.2, 0) is 0 Å². The normalized spacial score (nSPS) is 13.4. The van der Waals surface area contributed by atoms with Crippen molar-refractivity contribution in [3.05, 3.63) is 72.2 Å². The van der Waals surface area contributed by atoms with E-state index in [1.54, 1.807) is 12.1 Å². The summed E-state index contributed by atoms with van der Waals surface area (Å²) in [6, 6.07) is 17.0. The molecule has 1 amide bonds. The summed E-state index contributed by atoms with van der Waals surface area (Å²) in [6.45, 7) is 2.22. The van der Waals surface area contributed by atoms with Crippen molar-refractivity contribution in [3.8, 4) is 0 Å². The maximum Gasteiger partial charge on any atom is 0.276 e. The lowest BCUT2D eigenvalue weighted by molar-refractivity contribution is 0.102. The van der Waals surface area contributed by atoms with Crippen molar-refractivity contribution in [2.45, 2.75) is 12.8 Å². The van der Waals surface area contributed by atoms with E-state index in [2.05, 4.69) is 37.9 Å². The van der Waals surface area contributed by atoms with Crippen LogP contribution in [0, 0.1) is 5.82 Å². The lowest BCUT2D eigenvalue weighted by Gasteiger charge is -2.17. The molecule has 1 aliphatic heterocycles. The van der Waals surface area contributed by atoms with Crippen LogP contribution < -0.4 is 15.5 Å². The number of rotatable bonds is 5. The van der Waals surface area contributed by atoms with Crippen molar-refractivity contribution in [1.29, 1.82) is 0 Å². The number of anilines is 4. The lowest BCUT2D eigenvalue weighted by atomic mass is 10.2. The number of hydrogen-bond donors (Lipinski definition) is 2. The van der Waals surface area contributed by atoms with Crippen LogP contribution in [0.3, 0.4) is 0 Å². The lowest BCUT2D eigenvalue weighted by Crippen LogP contribution is -2.17. The van der Waals surface area contributed by atoms with Crippen molar-refractivity contribution < 1.29 is 9.18 Å². The Morgan fingerprint density at radius 1 is 0.857 bits per heavy atom. The summed E-state index contributed by atoms with van der Waals surface area (Å²) in [7, 11) is 0. The van der Waals surface area contributed by atoms with Crippen LogP contribution in [0.5, 0.6) is 0 Å². The maximum atomic E-state index is 12.9. The average Bonchev–Trinajstić information content (AvgIpc) is 3.26. The minimum atomic E-state index is -0.402. The van der Waals surface area contributed by atoms with Gasteiger partial charge in [0.05, 0.1) is 0 Å². The molecule has 0 aliphatic carbocycles. The zero-order valence-electron chi connectivity index (χ0n) is 15.2. The van der Waals surface area contributed by atoms with Crippen LogP contribution in [0.2, 0.25) is 0 Å². The number of aromatic nitrogens is 2. The Morgan fingerprint density at radius 2 is 1.54 bits per heavy atom. The van der Waals surface area contributed by atoms with E-state index in [0.717, 1.165) is 18.8 Å². The molecule has 0 unspecified atom stereocenters. The SMILES string of the molecule is O=C(Nc1ccc(F)cc1)c1ccc(Nc2ccc(N3CCCC3)cc2)nn1. The molecule has 0 radical (unpaired) electrons. The van der Waals surface area contributed by atoms with Gasteiger partial charge in [0.15, 0.2) is 11.5 Å². The molecule has 6 nitrogen and oxygen atoms in total. The van der Waals surface area contributed by atoms with Gasteiger partial charge in [-0.25, -0.2) is 4.39 Å². The van der Waals surface area contributed by atoms with Gasteiger partial charge in [-0.2, -0.15) is 0 Å². The van der Waals surface area contributed by atoms with Crippen molar-refractivity contribution in [2.75, 3.05) is 28.6 Å². The summed E-state index contributed by atoms with van der Waals surface area (Å²) in [4.78, 5) is 14.6. The predicted octanol–water partition coefficient (Wildman–Crippen LogP) is 4.21. The van der Waals surface area contributed by atoms with Gasteiger partial charge in [0.25, 0.3) is 5.91 Å². The van der Waals surface area contributed by atoms with Crippen molar-refractivity contribution in [2.24, 2.45) is 0 Å². The molecule has 1 aliphatic rings. The van der Waals surface area contributed by atoms with E-state index in [9.17, 15) is 9.18 Å². The summed E-state index contributed by atoms with van der Waals surface area (Å²) in [6.07, 6.45) is 2.49. The average molecular weight is 377 g/mol. The molecule has 2 N–H and O–H groups in total. The molecule has 0 atom stereocenters. The van der Waals surface area contributed by atoms with Crippen LogP contribution in [-0.4, -0.2) is 29.2 Å². The van der Waals surface area contributed by atoms with E-state index >= 15 is 0 Å². The van der Waals surface area contributed by atoms with Gasteiger partial charge in [-0.05, 0) is 73.5 Å². The van der Waals surface area contributed by atoms with Crippen molar-refractivity contribution >= 4 is 28.8 Å². The summed E-state index contributed by atoms with van der Waals surface area (Å²) in [5.74, 6) is -0.213. The summed E-state index contributed by atoms with van der Waals surface area (Å²) in [5.41, 5.74) is 2.80. The number of amides is 1. The van der Waals surface area contributed by atoms with Gasteiger partial charge < -0.3 is 15.5 Å². The Morgan fingerprint density at radius 3 is 2.18 bits per heavy atom. The fourth-order valence-electron chi connectivity index (χ4n) is 3.13. The molecule has 0 bridgehead atoms. The highest BCUT2D eigenvalue weighted by atomic mass is 19.1. The topological polar surface area (TPSA) is 70.2 Å². The van der Waals surface area contributed by atoms with Gasteiger partial charge >= 0.3 is 0 Å². The summed E-state index contributed by atoms with van der Waals surface area (Å²) >= 11 is 0. The molecule has 2 heterocycles. The quantitative estimate of drug-likeness (QED) is 0.697. The molecule has 0 saturated carbocycles. The third-order valence-electron chi connectivity index (χ3n) is 4.61.